The average Bonchev–Trinajstić information content (AvgIpc) is 3.21. The second kappa shape index (κ2) is 6.37. The van der Waals surface area contributed by atoms with Gasteiger partial charge in [0.25, 0.3) is 0 Å². The Morgan fingerprint density at radius 3 is 3.00 bits per heavy atom. The Morgan fingerprint density at radius 2 is 2.12 bits per heavy atom. The van der Waals surface area contributed by atoms with Crippen molar-refractivity contribution in [2.75, 3.05) is 10.7 Å². The molecule has 25 heavy (non-hydrogen) atoms. The lowest BCUT2D eigenvalue weighted by Crippen LogP contribution is -2.30. The molecule has 1 unspecified atom stereocenters. The first kappa shape index (κ1) is 15.3. The molecule has 7 heteroatoms. The van der Waals surface area contributed by atoms with Crippen LogP contribution in [0.15, 0.2) is 60.9 Å². The van der Waals surface area contributed by atoms with E-state index in [1.807, 2.05) is 30.3 Å². The molecule has 0 spiro atoms. The van der Waals surface area contributed by atoms with Crippen LogP contribution in [0.4, 0.5) is 15.8 Å². The van der Waals surface area contributed by atoms with Crippen molar-refractivity contribution in [2.45, 2.75) is 12.6 Å². The van der Waals surface area contributed by atoms with E-state index in [0.717, 1.165) is 16.8 Å². The fourth-order valence-electron chi connectivity index (χ4n) is 2.85. The number of para-hydroxylation sites is 1. The van der Waals surface area contributed by atoms with Crippen LogP contribution in [0.3, 0.4) is 0 Å². The number of aromatic nitrogens is 2. The van der Waals surface area contributed by atoms with Gasteiger partial charge in [-0.2, -0.15) is 5.10 Å². The Morgan fingerprint density at radius 1 is 1.24 bits per heavy atom. The second-order valence-corrected chi connectivity index (χ2v) is 5.84. The molecule has 6 nitrogen and oxygen atoms in total. The highest BCUT2D eigenvalue weighted by molar-refractivity contribution is 5.97. The minimum absolute atomic E-state index is 0.178. The average molecular weight is 337 g/mol. The number of anilines is 2. The van der Waals surface area contributed by atoms with Gasteiger partial charge in [-0.3, -0.25) is 9.48 Å². The standard InChI is InChI=1S/C18H16FN5O/c19-13-5-3-4-12(8-13)10-24-11-14(9-20-24)21-18(25)17-15-6-1-2-7-16(15)22-23-17/h1-9,11,17,22-23H,10H2,(H,21,25). The highest BCUT2D eigenvalue weighted by Crippen LogP contribution is 2.28. The van der Waals surface area contributed by atoms with Crippen LogP contribution in [0.1, 0.15) is 17.2 Å². The maximum absolute atomic E-state index is 13.2. The molecule has 0 bridgehead atoms. The van der Waals surface area contributed by atoms with Crippen molar-refractivity contribution in [3.63, 3.8) is 0 Å². The summed E-state index contributed by atoms with van der Waals surface area (Å²) in [5, 5.41) is 7.05. The summed E-state index contributed by atoms with van der Waals surface area (Å²) in [6, 6.07) is 13.5. The summed E-state index contributed by atoms with van der Waals surface area (Å²) in [6.07, 6.45) is 3.29. The smallest absolute Gasteiger partial charge is 0.248 e. The van der Waals surface area contributed by atoms with E-state index in [4.69, 9.17) is 0 Å². The van der Waals surface area contributed by atoms with E-state index in [-0.39, 0.29) is 11.7 Å². The molecule has 3 aromatic rings. The number of hydrazine groups is 1. The molecular weight excluding hydrogens is 321 g/mol. The summed E-state index contributed by atoms with van der Waals surface area (Å²) in [5.41, 5.74) is 9.14. The number of carbonyl (C=O) groups excluding carboxylic acids is 1. The van der Waals surface area contributed by atoms with Crippen molar-refractivity contribution in [1.29, 1.82) is 0 Å². The largest absolute Gasteiger partial charge is 0.322 e. The number of halogens is 1. The van der Waals surface area contributed by atoms with Crippen LogP contribution in [-0.2, 0) is 11.3 Å². The molecule has 4 rings (SSSR count). The molecule has 1 atom stereocenters. The summed E-state index contributed by atoms with van der Waals surface area (Å²) >= 11 is 0. The van der Waals surface area contributed by atoms with Crippen molar-refractivity contribution in [3.05, 3.63) is 77.9 Å². The fourth-order valence-corrected chi connectivity index (χ4v) is 2.85. The minimum atomic E-state index is -0.470. The van der Waals surface area contributed by atoms with Crippen LogP contribution in [0.5, 0.6) is 0 Å². The molecule has 0 fully saturated rings. The number of benzene rings is 2. The van der Waals surface area contributed by atoms with Crippen molar-refractivity contribution < 1.29 is 9.18 Å². The van der Waals surface area contributed by atoms with E-state index in [9.17, 15) is 9.18 Å². The Kier molecular flexibility index (Phi) is 3.91. The number of amides is 1. The molecule has 0 saturated carbocycles. The van der Waals surface area contributed by atoms with Gasteiger partial charge in [0.05, 0.1) is 24.1 Å². The molecule has 126 valence electrons. The minimum Gasteiger partial charge on any atom is -0.322 e. The molecule has 1 amide bonds. The first-order chi connectivity index (χ1) is 12.2. The Bertz CT molecular complexity index is 923. The van der Waals surface area contributed by atoms with Crippen LogP contribution in [0.2, 0.25) is 0 Å². The van der Waals surface area contributed by atoms with E-state index in [2.05, 4.69) is 21.3 Å². The fraction of sp³-hybridized carbons (Fsp3) is 0.111. The quantitative estimate of drug-likeness (QED) is 0.684. The first-order valence-electron chi connectivity index (χ1n) is 7.87. The molecule has 2 aromatic carbocycles. The van der Waals surface area contributed by atoms with Gasteiger partial charge in [0.2, 0.25) is 5.91 Å². The van der Waals surface area contributed by atoms with Crippen molar-refractivity contribution in [1.82, 2.24) is 15.2 Å². The SMILES string of the molecule is O=C(Nc1cnn(Cc2cccc(F)c2)c1)C1NNc2ccccc21. The van der Waals surface area contributed by atoms with Crippen LogP contribution >= 0.6 is 0 Å². The van der Waals surface area contributed by atoms with Gasteiger partial charge < -0.3 is 10.7 Å². The zero-order valence-electron chi connectivity index (χ0n) is 13.2. The van der Waals surface area contributed by atoms with Gasteiger partial charge in [-0.15, -0.1) is 0 Å². The number of fused-ring (bicyclic) bond motifs is 1. The predicted octanol–water partition coefficient (Wildman–Crippen LogP) is 2.68. The van der Waals surface area contributed by atoms with Crippen LogP contribution in [-0.4, -0.2) is 15.7 Å². The Labute approximate surface area is 143 Å². The molecule has 0 saturated heterocycles. The number of nitrogens with zero attached hydrogens (tertiary/aromatic N) is 2. The normalized spacial score (nSPS) is 15.5. The topological polar surface area (TPSA) is 71.0 Å². The zero-order valence-corrected chi connectivity index (χ0v) is 13.2. The third-order valence-corrected chi connectivity index (χ3v) is 4.02. The number of nitrogens with one attached hydrogen (secondary N) is 3. The highest BCUT2D eigenvalue weighted by Gasteiger charge is 2.28. The molecule has 1 aliphatic rings. The third kappa shape index (κ3) is 3.22. The van der Waals surface area contributed by atoms with Gasteiger partial charge in [-0.1, -0.05) is 30.3 Å². The Balaban J connectivity index is 1.44. The lowest BCUT2D eigenvalue weighted by molar-refractivity contribution is -0.118. The number of rotatable bonds is 4. The second-order valence-electron chi connectivity index (χ2n) is 5.84. The number of hydrogen-bond donors (Lipinski definition) is 3. The van der Waals surface area contributed by atoms with Crippen molar-refractivity contribution in [3.8, 4) is 0 Å². The van der Waals surface area contributed by atoms with E-state index < -0.39 is 6.04 Å². The van der Waals surface area contributed by atoms with E-state index in [1.165, 1.54) is 12.1 Å². The maximum Gasteiger partial charge on any atom is 0.248 e. The van der Waals surface area contributed by atoms with Gasteiger partial charge in [-0.25, -0.2) is 9.82 Å². The molecule has 1 aliphatic heterocycles. The van der Waals surface area contributed by atoms with Crippen molar-refractivity contribution in [2.24, 2.45) is 0 Å². The van der Waals surface area contributed by atoms with Gasteiger partial charge in [0.1, 0.15) is 11.9 Å². The third-order valence-electron chi connectivity index (χ3n) is 4.02. The predicted molar refractivity (Wildman–Crippen MR) is 92.3 cm³/mol. The van der Waals surface area contributed by atoms with Crippen LogP contribution < -0.4 is 16.2 Å². The lowest BCUT2D eigenvalue weighted by atomic mass is 10.1. The van der Waals surface area contributed by atoms with Gasteiger partial charge in [0, 0.05) is 11.8 Å². The van der Waals surface area contributed by atoms with E-state index >= 15 is 0 Å². The molecule has 1 aromatic heterocycles. The van der Waals surface area contributed by atoms with Crippen molar-refractivity contribution >= 4 is 17.3 Å². The summed E-state index contributed by atoms with van der Waals surface area (Å²) in [4.78, 5) is 12.5. The molecular formula is C18H16FN5O. The summed E-state index contributed by atoms with van der Waals surface area (Å²) in [6.45, 7) is 0.430. The monoisotopic (exact) mass is 337 g/mol. The van der Waals surface area contributed by atoms with Gasteiger partial charge >= 0.3 is 0 Å². The lowest BCUT2D eigenvalue weighted by Gasteiger charge is -2.10. The summed E-state index contributed by atoms with van der Waals surface area (Å²) < 4.78 is 14.9. The van der Waals surface area contributed by atoms with Crippen LogP contribution in [0.25, 0.3) is 0 Å². The molecule has 0 radical (unpaired) electrons. The number of carbonyl (C=O) groups is 1. The molecule has 3 N–H and O–H groups in total. The molecule has 0 aliphatic carbocycles. The van der Waals surface area contributed by atoms with E-state index in [0.29, 0.717) is 12.2 Å². The molecule has 2 heterocycles. The summed E-state index contributed by atoms with van der Waals surface area (Å²) in [5.74, 6) is -0.459. The summed E-state index contributed by atoms with van der Waals surface area (Å²) in [7, 11) is 0. The first-order valence-corrected chi connectivity index (χ1v) is 7.87. The maximum atomic E-state index is 13.2. The van der Waals surface area contributed by atoms with Gasteiger partial charge in [-0.05, 0) is 23.8 Å². The van der Waals surface area contributed by atoms with Crippen LogP contribution in [0, 0.1) is 5.82 Å². The number of hydrogen-bond acceptors (Lipinski definition) is 4. The Hall–Kier alpha value is -3.19. The van der Waals surface area contributed by atoms with Gasteiger partial charge in [0.15, 0.2) is 0 Å². The zero-order chi connectivity index (χ0) is 17.2. The van der Waals surface area contributed by atoms with E-state index in [1.54, 1.807) is 23.1 Å². The highest BCUT2D eigenvalue weighted by atomic mass is 19.1.